The van der Waals surface area contributed by atoms with Crippen LogP contribution in [0.1, 0.15) is 38.5 Å². The SMILES string of the molecule is O=C(O)/C=C(/Br)C(=O)CCCCCCCNOC(=O)/C=C(/Br)C(=O)O. The van der Waals surface area contributed by atoms with E-state index in [9.17, 15) is 19.2 Å². The minimum atomic E-state index is -1.26. The van der Waals surface area contributed by atoms with Gasteiger partial charge in [0.05, 0.1) is 4.48 Å². The number of carbonyl (C=O) groups is 4. The van der Waals surface area contributed by atoms with Crippen LogP contribution in [-0.4, -0.2) is 40.4 Å². The molecule has 0 aliphatic carbocycles. The molecule has 140 valence electrons. The van der Waals surface area contributed by atoms with Gasteiger partial charge in [0.2, 0.25) is 0 Å². The van der Waals surface area contributed by atoms with Gasteiger partial charge in [-0.05, 0) is 44.7 Å². The van der Waals surface area contributed by atoms with Gasteiger partial charge in [-0.15, -0.1) is 0 Å². The van der Waals surface area contributed by atoms with E-state index in [-0.39, 0.29) is 21.2 Å². The number of Topliss-reactive ketones (excluding diaryl/α,β-unsaturated/α-hetero) is 1. The molecule has 0 aromatic carbocycles. The highest BCUT2D eigenvalue weighted by Crippen LogP contribution is 2.13. The Morgan fingerprint density at radius 3 is 2.08 bits per heavy atom. The molecule has 3 N–H and O–H groups in total. The number of carboxylic acid groups (broad SMARTS) is 2. The third kappa shape index (κ3) is 13.4. The number of aliphatic carboxylic acids is 2. The molecule has 8 nitrogen and oxygen atoms in total. The minimum absolute atomic E-state index is 0.0644. The molecule has 0 unspecified atom stereocenters. The second-order valence-electron chi connectivity index (χ2n) is 4.88. The van der Waals surface area contributed by atoms with Gasteiger partial charge in [-0.1, -0.05) is 19.3 Å². The van der Waals surface area contributed by atoms with Crippen LogP contribution in [0.2, 0.25) is 0 Å². The molecule has 0 spiro atoms. The molecular weight excluding hydrogens is 466 g/mol. The van der Waals surface area contributed by atoms with E-state index in [4.69, 9.17) is 10.2 Å². The summed E-state index contributed by atoms with van der Waals surface area (Å²) in [4.78, 5) is 48.2. The van der Waals surface area contributed by atoms with Crippen molar-refractivity contribution in [2.75, 3.05) is 6.54 Å². The van der Waals surface area contributed by atoms with Gasteiger partial charge in [0.15, 0.2) is 5.78 Å². The fourth-order valence-electron chi connectivity index (χ4n) is 1.64. The number of carbonyl (C=O) groups excluding carboxylic acids is 2. The van der Waals surface area contributed by atoms with E-state index >= 15 is 0 Å². The average Bonchev–Trinajstić information content (AvgIpc) is 2.52. The van der Waals surface area contributed by atoms with Gasteiger partial charge in [-0.3, -0.25) is 4.79 Å². The van der Waals surface area contributed by atoms with Gasteiger partial charge >= 0.3 is 17.9 Å². The molecular formula is C15H19Br2NO7. The molecule has 0 saturated heterocycles. The van der Waals surface area contributed by atoms with Crippen molar-refractivity contribution in [3.63, 3.8) is 0 Å². The number of hydrogen-bond donors (Lipinski definition) is 3. The van der Waals surface area contributed by atoms with E-state index in [1.807, 2.05) is 0 Å². The highest BCUT2D eigenvalue weighted by molar-refractivity contribution is 9.12. The molecule has 0 radical (unpaired) electrons. The normalized spacial score (nSPS) is 11.9. The molecule has 0 aromatic rings. The van der Waals surface area contributed by atoms with Crippen LogP contribution in [0.15, 0.2) is 21.1 Å². The predicted molar refractivity (Wildman–Crippen MR) is 96.1 cm³/mol. The van der Waals surface area contributed by atoms with Gasteiger partial charge in [-0.25, -0.2) is 14.4 Å². The maximum Gasteiger partial charge on any atom is 0.350 e. The Labute approximate surface area is 161 Å². The Bertz CT molecular complexity index is 558. The van der Waals surface area contributed by atoms with Crippen molar-refractivity contribution in [1.82, 2.24) is 5.48 Å². The second kappa shape index (κ2) is 13.7. The molecule has 25 heavy (non-hydrogen) atoms. The summed E-state index contributed by atoms with van der Waals surface area (Å²) >= 11 is 5.64. The quantitative estimate of drug-likeness (QED) is 0.206. The van der Waals surface area contributed by atoms with E-state index in [1.54, 1.807) is 0 Å². The van der Waals surface area contributed by atoms with E-state index < -0.39 is 17.9 Å². The zero-order chi connectivity index (χ0) is 19.2. The number of halogens is 2. The van der Waals surface area contributed by atoms with Crippen molar-refractivity contribution < 1.29 is 34.2 Å². The maximum atomic E-state index is 11.6. The predicted octanol–water partition coefficient (Wildman–Crippen LogP) is 2.67. The Kier molecular flexibility index (Phi) is 12.9. The maximum absolute atomic E-state index is 11.6. The van der Waals surface area contributed by atoms with Crippen LogP contribution < -0.4 is 5.48 Å². The summed E-state index contributed by atoms with van der Waals surface area (Å²) in [5.74, 6) is -3.48. The molecule has 0 aliphatic heterocycles. The Hall–Kier alpha value is -1.52. The number of hydrogen-bond acceptors (Lipinski definition) is 6. The van der Waals surface area contributed by atoms with Crippen LogP contribution in [0.4, 0.5) is 0 Å². The van der Waals surface area contributed by atoms with Crippen LogP contribution in [0.3, 0.4) is 0 Å². The number of allylic oxidation sites excluding steroid dienone is 1. The first-order valence-electron chi connectivity index (χ1n) is 7.41. The monoisotopic (exact) mass is 483 g/mol. The zero-order valence-corrected chi connectivity index (χ0v) is 16.5. The summed E-state index contributed by atoms with van der Waals surface area (Å²) in [6.07, 6.45) is 5.90. The third-order valence-electron chi connectivity index (χ3n) is 2.82. The molecule has 0 fully saturated rings. The summed E-state index contributed by atoms with van der Waals surface area (Å²) in [6, 6.07) is 0. The van der Waals surface area contributed by atoms with Gasteiger partial charge in [0.25, 0.3) is 0 Å². The van der Waals surface area contributed by atoms with Crippen LogP contribution in [-0.2, 0) is 24.0 Å². The number of nitrogens with one attached hydrogen (secondary N) is 1. The first-order chi connectivity index (χ1) is 11.7. The van der Waals surface area contributed by atoms with Crippen LogP contribution in [0, 0.1) is 0 Å². The zero-order valence-electron chi connectivity index (χ0n) is 13.3. The van der Waals surface area contributed by atoms with Gasteiger partial charge in [0.1, 0.15) is 4.48 Å². The van der Waals surface area contributed by atoms with Crippen molar-refractivity contribution in [1.29, 1.82) is 0 Å². The van der Waals surface area contributed by atoms with Crippen molar-refractivity contribution in [2.24, 2.45) is 0 Å². The topological polar surface area (TPSA) is 130 Å². The van der Waals surface area contributed by atoms with Crippen LogP contribution in [0.5, 0.6) is 0 Å². The number of unbranched alkanes of at least 4 members (excludes halogenated alkanes) is 4. The second-order valence-corrected chi connectivity index (χ2v) is 6.59. The first-order valence-corrected chi connectivity index (χ1v) is 9.00. The third-order valence-corrected chi connectivity index (χ3v) is 4.06. The summed E-state index contributed by atoms with van der Waals surface area (Å²) in [7, 11) is 0. The van der Waals surface area contributed by atoms with Crippen LogP contribution >= 0.6 is 31.9 Å². The first kappa shape index (κ1) is 23.5. The molecule has 0 aliphatic rings. The van der Waals surface area contributed by atoms with Crippen molar-refractivity contribution in [3.05, 3.63) is 21.1 Å². The van der Waals surface area contributed by atoms with Crippen molar-refractivity contribution >= 4 is 55.6 Å². The number of carboxylic acids is 2. The lowest BCUT2D eigenvalue weighted by Gasteiger charge is -2.04. The molecule has 0 aromatic heterocycles. The van der Waals surface area contributed by atoms with Gasteiger partial charge in [-0.2, -0.15) is 5.48 Å². The van der Waals surface area contributed by atoms with Gasteiger partial charge < -0.3 is 15.1 Å². The van der Waals surface area contributed by atoms with E-state index in [2.05, 4.69) is 42.2 Å². The highest BCUT2D eigenvalue weighted by Gasteiger charge is 2.08. The number of ketones is 1. The summed E-state index contributed by atoms with van der Waals surface area (Å²) in [5.41, 5.74) is 2.44. The summed E-state index contributed by atoms with van der Waals surface area (Å²) < 4.78 is -0.228. The van der Waals surface area contributed by atoms with Crippen molar-refractivity contribution in [2.45, 2.75) is 38.5 Å². The standard InChI is InChI=1S/C15H19Br2NO7/c16-10(8-13(20)21)12(19)6-4-2-1-3-5-7-18-25-14(22)9-11(17)15(23)24/h8-9,18H,1-7H2,(H,20,21)(H,23,24)/b10-8+,11-9+. The Morgan fingerprint density at radius 2 is 1.48 bits per heavy atom. The lowest BCUT2D eigenvalue weighted by molar-refractivity contribution is -0.145. The molecule has 0 heterocycles. The van der Waals surface area contributed by atoms with Crippen LogP contribution in [0.25, 0.3) is 0 Å². The molecule has 0 saturated carbocycles. The smallest absolute Gasteiger partial charge is 0.350 e. The average molecular weight is 485 g/mol. The van der Waals surface area contributed by atoms with Gasteiger partial charge in [0, 0.05) is 25.1 Å². The molecule has 0 bridgehead atoms. The van der Waals surface area contributed by atoms with E-state index in [0.717, 1.165) is 37.8 Å². The summed E-state index contributed by atoms with van der Waals surface area (Å²) in [6.45, 7) is 0.427. The lowest BCUT2D eigenvalue weighted by Crippen LogP contribution is -2.20. The molecule has 0 atom stereocenters. The fraction of sp³-hybridized carbons (Fsp3) is 0.467. The summed E-state index contributed by atoms with van der Waals surface area (Å²) in [5, 5.41) is 17.1. The van der Waals surface area contributed by atoms with Crippen molar-refractivity contribution in [3.8, 4) is 0 Å². The molecule has 10 heteroatoms. The number of rotatable bonds is 13. The largest absolute Gasteiger partial charge is 0.478 e. The molecule has 0 rings (SSSR count). The minimum Gasteiger partial charge on any atom is -0.478 e. The Balaban J connectivity index is 3.64. The highest BCUT2D eigenvalue weighted by atomic mass is 79.9. The van der Waals surface area contributed by atoms with E-state index in [1.165, 1.54) is 0 Å². The Morgan fingerprint density at radius 1 is 0.880 bits per heavy atom. The number of hydroxylamine groups is 1. The van der Waals surface area contributed by atoms with E-state index in [0.29, 0.717) is 13.0 Å². The fourth-order valence-corrected chi connectivity index (χ4v) is 2.22. The molecule has 0 amide bonds. The lowest BCUT2D eigenvalue weighted by atomic mass is 10.1.